The molecule has 0 aromatic carbocycles. The topological polar surface area (TPSA) is 43.8 Å². The SMILES string of the molecule is CN1CC(C(=O)O)(N(C)C)C1. The van der Waals surface area contributed by atoms with E-state index in [4.69, 9.17) is 5.11 Å². The first kappa shape index (κ1) is 8.49. The highest BCUT2D eigenvalue weighted by Crippen LogP contribution is 2.24. The van der Waals surface area contributed by atoms with E-state index >= 15 is 0 Å². The molecule has 4 heteroatoms. The van der Waals surface area contributed by atoms with E-state index in [1.165, 1.54) is 0 Å². The van der Waals surface area contributed by atoms with E-state index in [0.29, 0.717) is 13.1 Å². The van der Waals surface area contributed by atoms with Gasteiger partial charge in [0.15, 0.2) is 0 Å². The van der Waals surface area contributed by atoms with Gasteiger partial charge in [-0.3, -0.25) is 9.69 Å². The van der Waals surface area contributed by atoms with Gasteiger partial charge in [0.1, 0.15) is 5.54 Å². The first-order valence-electron chi connectivity index (χ1n) is 3.58. The number of hydrogen-bond acceptors (Lipinski definition) is 3. The molecule has 1 rings (SSSR count). The fourth-order valence-corrected chi connectivity index (χ4v) is 1.46. The number of carboxylic acids is 1. The summed E-state index contributed by atoms with van der Waals surface area (Å²) in [5, 5.41) is 8.90. The second kappa shape index (κ2) is 2.46. The summed E-state index contributed by atoms with van der Waals surface area (Å²) in [6, 6.07) is 0. The monoisotopic (exact) mass is 158 g/mol. The summed E-state index contributed by atoms with van der Waals surface area (Å²) in [6.07, 6.45) is 0. The maximum Gasteiger partial charge on any atom is 0.326 e. The molecule has 0 aromatic rings. The Morgan fingerprint density at radius 1 is 1.55 bits per heavy atom. The van der Waals surface area contributed by atoms with Crippen molar-refractivity contribution in [3.8, 4) is 0 Å². The molecule has 0 radical (unpaired) electrons. The highest BCUT2D eigenvalue weighted by molar-refractivity contribution is 5.80. The Bertz CT molecular complexity index is 173. The average Bonchev–Trinajstić information content (AvgIpc) is 1.78. The van der Waals surface area contributed by atoms with Crippen LogP contribution in [0.15, 0.2) is 0 Å². The molecule has 0 saturated carbocycles. The molecule has 0 spiro atoms. The number of rotatable bonds is 2. The number of carboxylic acid groups (broad SMARTS) is 1. The van der Waals surface area contributed by atoms with Crippen molar-refractivity contribution in [3.05, 3.63) is 0 Å². The lowest BCUT2D eigenvalue weighted by Gasteiger charge is -2.49. The molecule has 11 heavy (non-hydrogen) atoms. The normalized spacial score (nSPS) is 23.3. The molecule has 1 aliphatic heterocycles. The minimum Gasteiger partial charge on any atom is -0.480 e. The van der Waals surface area contributed by atoms with Gasteiger partial charge in [0.25, 0.3) is 0 Å². The lowest BCUT2D eigenvalue weighted by Crippen LogP contribution is -2.71. The van der Waals surface area contributed by atoms with Gasteiger partial charge in [-0.25, -0.2) is 0 Å². The summed E-state index contributed by atoms with van der Waals surface area (Å²) < 4.78 is 0. The summed E-state index contributed by atoms with van der Waals surface area (Å²) in [6.45, 7) is 1.24. The largest absolute Gasteiger partial charge is 0.480 e. The van der Waals surface area contributed by atoms with E-state index in [0.717, 1.165) is 0 Å². The van der Waals surface area contributed by atoms with Crippen molar-refractivity contribution in [2.24, 2.45) is 0 Å². The van der Waals surface area contributed by atoms with Gasteiger partial charge in [-0.05, 0) is 21.1 Å². The fraction of sp³-hybridized carbons (Fsp3) is 0.857. The van der Waals surface area contributed by atoms with Gasteiger partial charge in [0.05, 0.1) is 0 Å². The third kappa shape index (κ3) is 1.12. The molecule has 1 saturated heterocycles. The zero-order valence-electron chi connectivity index (χ0n) is 7.16. The number of nitrogens with zero attached hydrogens (tertiary/aromatic N) is 2. The van der Waals surface area contributed by atoms with Crippen LogP contribution in [0.3, 0.4) is 0 Å². The van der Waals surface area contributed by atoms with Crippen LogP contribution in [0.5, 0.6) is 0 Å². The lowest BCUT2D eigenvalue weighted by atomic mass is 9.89. The maximum atomic E-state index is 10.8. The van der Waals surface area contributed by atoms with Crippen LogP contribution in [-0.2, 0) is 4.79 Å². The number of carbonyl (C=O) groups is 1. The predicted molar refractivity (Wildman–Crippen MR) is 41.6 cm³/mol. The summed E-state index contributed by atoms with van der Waals surface area (Å²) >= 11 is 0. The molecule has 1 N–H and O–H groups in total. The predicted octanol–water partition coefficient (Wildman–Crippen LogP) is -0.683. The molecule has 0 aliphatic carbocycles. The van der Waals surface area contributed by atoms with Crippen LogP contribution in [0.4, 0.5) is 0 Å². The molecule has 0 amide bonds. The van der Waals surface area contributed by atoms with Crippen LogP contribution in [0.2, 0.25) is 0 Å². The highest BCUT2D eigenvalue weighted by atomic mass is 16.4. The average molecular weight is 158 g/mol. The van der Waals surface area contributed by atoms with Crippen molar-refractivity contribution < 1.29 is 9.90 Å². The molecule has 1 aliphatic rings. The molecule has 1 fully saturated rings. The van der Waals surface area contributed by atoms with Crippen LogP contribution in [-0.4, -0.2) is 60.6 Å². The third-order valence-corrected chi connectivity index (χ3v) is 2.32. The summed E-state index contributed by atoms with van der Waals surface area (Å²) in [5.74, 6) is -0.722. The molecule has 0 unspecified atom stereocenters. The molecule has 4 nitrogen and oxygen atoms in total. The van der Waals surface area contributed by atoms with Crippen molar-refractivity contribution in [1.29, 1.82) is 0 Å². The lowest BCUT2D eigenvalue weighted by molar-refractivity contribution is -0.160. The number of hydrogen-bond donors (Lipinski definition) is 1. The van der Waals surface area contributed by atoms with Gasteiger partial charge in [-0.1, -0.05) is 0 Å². The van der Waals surface area contributed by atoms with Crippen LogP contribution in [0.1, 0.15) is 0 Å². The van der Waals surface area contributed by atoms with E-state index in [1.807, 2.05) is 11.9 Å². The Labute approximate surface area is 66.4 Å². The smallest absolute Gasteiger partial charge is 0.326 e. The van der Waals surface area contributed by atoms with Gasteiger partial charge >= 0.3 is 5.97 Å². The standard InChI is InChI=1S/C7H14N2O2/c1-8(2)7(6(10)11)4-9(3)5-7/h4-5H2,1-3H3,(H,10,11). The van der Waals surface area contributed by atoms with Gasteiger partial charge in [0, 0.05) is 13.1 Å². The van der Waals surface area contributed by atoms with Crippen LogP contribution >= 0.6 is 0 Å². The Hall–Kier alpha value is -0.610. The maximum absolute atomic E-state index is 10.8. The fourth-order valence-electron chi connectivity index (χ4n) is 1.46. The molecular weight excluding hydrogens is 144 g/mol. The zero-order chi connectivity index (χ0) is 8.65. The van der Waals surface area contributed by atoms with Gasteiger partial charge in [0.2, 0.25) is 0 Å². The first-order valence-corrected chi connectivity index (χ1v) is 3.58. The summed E-state index contributed by atoms with van der Waals surface area (Å²) in [7, 11) is 5.53. The van der Waals surface area contributed by atoms with Crippen molar-refractivity contribution >= 4 is 5.97 Å². The Kier molecular flexibility index (Phi) is 1.90. The number of likely N-dealkylation sites (N-methyl/N-ethyl adjacent to an activating group) is 2. The van der Waals surface area contributed by atoms with E-state index in [9.17, 15) is 4.79 Å². The van der Waals surface area contributed by atoms with Crippen molar-refractivity contribution in [2.75, 3.05) is 34.2 Å². The summed E-state index contributed by atoms with van der Waals surface area (Å²) in [4.78, 5) is 14.6. The van der Waals surface area contributed by atoms with E-state index in [2.05, 4.69) is 0 Å². The van der Waals surface area contributed by atoms with Crippen LogP contribution in [0.25, 0.3) is 0 Å². The highest BCUT2D eigenvalue weighted by Gasteiger charge is 2.49. The zero-order valence-corrected chi connectivity index (χ0v) is 7.16. The number of likely N-dealkylation sites (tertiary alicyclic amines) is 1. The van der Waals surface area contributed by atoms with E-state index < -0.39 is 11.5 Å². The minimum absolute atomic E-state index is 0.620. The summed E-state index contributed by atoms with van der Waals surface area (Å²) in [5.41, 5.74) is -0.630. The second-order valence-corrected chi connectivity index (χ2v) is 3.40. The van der Waals surface area contributed by atoms with E-state index in [-0.39, 0.29) is 0 Å². The molecule has 1 heterocycles. The molecular formula is C7H14N2O2. The Morgan fingerprint density at radius 2 is 2.00 bits per heavy atom. The number of aliphatic carboxylic acids is 1. The second-order valence-electron chi connectivity index (χ2n) is 3.40. The first-order chi connectivity index (χ1) is 4.99. The van der Waals surface area contributed by atoms with Gasteiger partial charge in [-0.2, -0.15) is 0 Å². The Morgan fingerprint density at radius 3 is 2.09 bits per heavy atom. The molecule has 64 valence electrons. The minimum atomic E-state index is -0.722. The van der Waals surface area contributed by atoms with Crippen LogP contribution in [0, 0.1) is 0 Å². The third-order valence-electron chi connectivity index (χ3n) is 2.32. The van der Waals surface area contributed by atoms with E-state index in [1.54, 1.807) is 19.0 Å². The quantitative estimate of drug-likeness (QED) is 0.578. The van der Waals surface area contributed by atoms with Crippen LogP contribution < -0.4 is 0 Å². The van der Waals surface area contributed by atoms with Crippen molar-refractivity contribution in [2.45, 2.75) is 5.54 Å². The van der Waals surface area contributed by atoms with Gasteiger partial charge in [-0.15, -0.1) is 0 Å². The molecule has 0 atom stereocenters. The molecule has 0 bridgehead atoms. The Balaban J connectivity index is 2.69. The molecule has 0 aromatic heterocycles. The van der Waals surface area contributed by atoms with Crippen molar-refractivity contribution in [3.63, 3.8) is 0 Å². The van der Waals surface area contributed by atoms with Crippen molar-refractivity contribution in [1.82, 2.24) is 9.80 Å². The van der Waals surface area contributed by atoms with Gasteiger partial charge < -0.3 is 10.0 Å².